The van der Waals surface area contributed by atoms with E-state index < -0.39 is 36.0 Å². The number of imide groups is 1. The second kappa shape index (κ2) is 5.24. The minimum atomic E-state index is -1.23. The Morgan fingerprint density at radius 2 is 1.80 bits per heavy atom. The van der Waals surface area contributed by atoms with Crippen molar-refractivity contribution in [3.8, 4) is 0 Å². The first-order chi connectivity index (χ1) is 9.47. The van der Waals surface area contributed by atoms with Crippen molar-refractivity contribution in [2.45, 2.75) is 12.5 Å². The lowest BCUT2D eigenvalue weighted by molar-refractivity contribution is -0.124. The summed E-state index contributed by atoms with van der Waals surface area (Å²) in [5.41, 5.74) is 0.437. The van der Waals surface area contributed by atoms with Gasteiger partial charge in [-0.15, -0.1) is 0 Å². The van der Waals surface area contributed by atoms with E-state index in [-0.39, 0.29) is 11.1 Å². The molecular formula is C14H13FN2O3. The summed E-state index contributed by atoms with van der Waals surface area (Å²) in [4.78, 5) is 37.0. The van der Waals surface area contributed by atoms with Crippen molar-refractivity contribution in [2.75, 3.05) is 7.05 Å². The second-order valence-corrected chi connectivity index (χ2v) is 4.38. The first-order valence-corrected chi connectivity index (χ1v) is 5.99. The fraction of sp³-hybridized carbons (Fsp3) is 0.214. The van der Waals surface area contributed by atoms with E-state index in [9.17, 15) is 18.8 Å². The molecule has 1 aliphatic rings. The third kappa shape index (κ3) is 2.20. The summed E-state index contributed by atoms with van der Waals surface area (Å²) in [7, 11) is 1.36. The Morgan fingerprint density at radius 1 is 1.30 bits per heavy atom. The molecule has 0 spiro atoms. The largest absolute Gasteiger partial charge is 0.357 e. The molecule has 0 aromatic heterocycles. The molecule has 2 rings (SSSR count). The van der Waals surface area contributed by atoms with Crippen LogP contribution in [0.25, 0.3) is 0 Å². The average molecular weight is 276 g/mol. The van der Waals surface area contributed by atoms with Gasteiger partial charge in [0, 0.05) is 13.5 Å². The number of hydrogen-bond acceptors (Lipinski definition) is 3. The fourth-order valence-electron chi connectivity index (χ4n) is 2.17. The molecule has 0 radical (unpaired) electrons. The van der Waals surface area contributed by atoms with E-state index in [2.05, 4.69) is 11.9 Å². The summed E-state index contributed by atoms with van der Waals surface area (Å²) in [5, 5.41) is 2.32. The minimum Gasteiger partial charge on any atom is -0.357 e. The Balaban J connectivity index is 2.41. The molecule has 0 saturated heterocycles. The highest BCUT2D eigenvalue weighted by Gasteiger charge is 2.42. The highest BCUT2D eigenvalue weighted by molar-refractivity contribution is 6.22. The molecule has 1 unspecified atom stereocenters. The summed E-state index contributed by atoms with van der Waals surface area (Å²) in [6.45, 7) is 3.09. The highest BCUT2D eigenvalue weighted by atomic mass is 19.1. The van der Waals surface area contributed by atoms with E-state index in [1.807, 2.05) is 0 Å². The smallest absolute Gasteiger partial charge is 0.262 e. The topological polar surface area (TPSA) is 66.5 Å². The number of likely N-dealkylation sites (N-methyl/N-ethyl adjacent to an activating group) is 1. The number of benzene rings is 1. The molecule has 1 aromatic carbocycles. The van der Waals surface area contributed by atoms with E-state index in [0.29, 0.717) is 0 Å². The van der Waals surface area contributed by atoms with Gasteiger partial charge in [0.25, 0.3) is 11.8 Å². The lowest BCUT2D eigenvalue weighted by Gasteiger charge is -2.23. The van der Waals surface area contributed by atoms with Crippen molar-refractivity contribution < 1.29 is 18.8 Å². The molecule has 1 aliphatic heterocycles. The van der Waals surface area contributed by atoms with E-state index in [1.165, 1.54) is 19.2 Å². The number of hydrogen-bond donors (Lipinski definition) is 1. The van der Waals surface area contributed by atoms with Crippen molar-refractivity contribution in [3.05, 3.63) is 47.8 Å². The van der Waals surface area contributed by atoms with Crippen molar-refractivity contribution in [2.24, 2.45) is 0 Å². The van der Waals surface area contributed by atoms with Gasteiger partial charge < -0.3 is 5.32 Å². The maximum Gasteiger partial charge on any atom is 0.262 e. The van der Waals surface area contributed by atoms with Gasteiger partial charge in [-0.25, -0.2) is 4.39 Å². The van der Waals surface area contributed by atoms with Crippen molar-refractivity contribution >= 4 is 17.7 Å². The van der Waals surface area contributed by atoms with E-state index in [4.69, 9.17) is 0 Å². The zero-order chi connectivity index (χ0) is 14.9. The highest BCUT2D eigenvalue weighted by Crippen LogP contribution is 2.26. The summed E-state index contributed by atoms with van der Waals surface area (Å²) in [5.74, 6) is -2.57. The zero-order valence-corrected chi connectivity index (χ0v) is 10.9. The van der Waals surface area contributed by atoms with Crippen molar-refractivity contribution in [3.63, 3.8) is 0 Å². The lowest BCUT2D eigenvalue weighted by atomic mass is 10.1. The molecule has 104 valence electrons. The molecule has 1 atom stereocenters. The number of halogens is 1. The van der Waals surface area contributed by atoms with Gasteiger partial charge in [0.2, 0.25) is 5.91 Å². The van der Waals surface area contributed by atoms with Gasteiger partial charge in [-0.05, 0) is 12.1 Å². The van der Waals surface area contributed by atoms with Crippen LogP contribution in [-0.4, -0.2) is 35.7 Å². The molecule has 0 aliphatic carbocycles. The standard InChI is InChI=1S/C14H13FN2O3/c1-8(15)7-11(12(18)16-2)17-13(19)9-5-3-4-6-10(9)14(17)20/h3-6,11H,1,7H2,2H3,(H,16,18). The Labute approximate surface area is 115 Å². The van der Waals surface area contributed by atoms with Crippen molar-refractivity contribution in [1.82, 2.24) is 10.2 Å². The number of rotatable bonds is 4. The van der Waals surface area contributed by atoms with Gasteiger partial charge in [-0.1, -0.05) is 18.7 Å². The van der Waals surface area contributed by atoms with Crippen LogP contribution >= 0.6 is 0 Å². The monoisotopic (exact) mass is 276 g/mol. The zero-order valence-electron chi connectivity index (χ0n) is 10.9. The Morgan fingerprint density at radius 3 is 2.20 bits per heavy atom. The van der Waals surface area contributed by atoms with Crippen LogP contribution in [0.1, 0.15) is 27.1 Å². The summed E-state index contributed by atoms with van der Waals surface area (Å²) < 4.78 is 13.1. The predicted octanol–water partition coefficient (Wildman–Crippen LogP) is 1.27. The maximum absolute atomic E-state index is 13.1. The summed E-state index contributed by atoms with van der Waals surface area (Å²) in [6, 6.07) is 5.01. The lowest BCUT2D eigenvalue weighted by Crippen LogP contribution is -2.48. The molecule has 5 nitrogen and oxygen atoms in total. The van der Waals surface area contributed by atoms with Crippen LogP contribution in [0.3, 0.4) is 0 Å². The van der Waals surface area contributed by atoms with E-state index in [1.54, 1.807) is 12.1 Å². The quantitative estimate of drug-likeness (QED) is 0.842. The van der Waals surface area contributed by atoms with Crippen LogP contribution in [0.15, 0.2) is 36.7 Å². The van der Waals surface area contributed by atoms with Gasteiger partial charge in [-0.3, -0.25) is 19.3 Å². The van der Waals surface area contributed by atoms with Crippen LogP contribution in [0, 0.1) is 0 Å². The third-order valence-corrected chi connectivity index (χ3v) is 3.10. The molecule has 6 heteroatoms. The number of fused-ring (bicyclic) bond motifs is 1. The number of nitrogens with one attached hydrogen (secondary N) is 1. The Hall–Kier alpha value is -2.50. The molecule has 1 heterocycles. The molecule has 3 amide bonds. The van der Waals surface area contributed by atoms with E-state index >= 15 is 0 Å². The molecule has 1 N–H and O–H groups in total. The average Bonchev–Trinajstić information content (AvgIpc) is 2.68. The van der Waals surface area contributed by atoms with Crippen LogP contribution in [0.4, 0.5) is 4.39 Å². The first-order valence-electron chi connectivity index (χ1n) is 5.99. The summed E-state index contributed by atoms with van der Waals surface area (Å²) in [6.07, 6.45) is -0.412. The third-order valence-electron chi connectivity index (χ3n) is 3.10. The molecule has 0 bridgehead atoms. The molecular weight excluding hydrogens is 263 g/mol. The van der Waals surface area contributed by atoms with Gasteiger partial charge >= 0.3 is 0 Å². The predicted molar refractivity (Wildman–Crippen MR) is 69.7 cm³/mol. The van der Waals surface area contributed by atoms with Crippen LogP contribution in [-0.2, 0) is 4.79 Å². The SMILES string of the molecule is C=C(F)CC(C(=O)NC)N1C(=O)c2ccccc2C1=O. The van der Waals surface area contributed by atoms with Gasteiger partial charge in [0.15, 0.2) is 0 Å². The van der Waals surface area contributed by atoms with Gasteiger partial charge in [0.05, 0.1) is 17.0 Å². The second-order valence-electron chi connectivity index (χ2n) is 4.38. The van der Waals surface area contributed by atoms with E-state index in [0.717, 1.165) is 4.90 Å². The number of nitrogens with zero attached hydrogens (tertiary/aromatic N) is 1. The molecule has 0 fully saturated rings. The van der Waals surface area contributed by atoms with Gasteiger partial charge in [0.1, 0.15) is 6.04 Å². The van der Waals surface area contributed by atoms with Gasteiger partial charge in [-0.2, -0.15) is 0 Å². The normalized spacial score (nSPS) is 15.0. The molecule has 0 saturated carbocycles. The number of carbonyl (C=O) groups is 3. The van der Waals surface area contributed by atoms with Crippen LogP contribution < -0.4 is 5.32 Å². The summed E-state index contributed by atoms with van der Waals surface area (Å²) >= 11 is 0. The Bertz CT molecular complexity index is 577. The first kappa shape index (κ1) is 13.9. The number of carbonyl (C=O) groups excluding carboxylic acids is 3. The van der Waals surface area contributed by atoms with Crippen LogP contribution in [0.5, 0.6) is 0 Å². The molecule has 20 heavy (non-hydrogen) atoms. The molecule has 1 aromatic rings. The van der Waals surface area contributed by atoms with Crippen molar-refractivity contribution in [1.29, 1.82) is 0 Å². The number of amides is 3. The Kier molecular flexibility index (Phi) is 3.65. The fourth-order valence-corrected chi connectivity index (χ4v) is 2.17. The maximum atomic E-state index is 13.1. The van der Waals surface area contributed by atoms with Crippen LogP contribution in [0.2, 0.25) is 0 Å². The minimum absolute atomic E-state index is 0.218.